The Morgan fingerprint density at radius 3 is 2.89 bits per heavy atom. The van der Waals surface area contributed by atoms with E-state index in [1.54, 1.807) is 0 Å². The number of hydrogen-bond acceptors (Lipinski definition) is 1. The molecule has 0 spiro atoms. The summed E-state index contributed by atoms with van der Waals surface area (Å²) in [5.41, 5.74) is 0.676. The van der Waals surface area contributed by atoms with Crippen LogP contribution in [0.15, 0.2) is 9.98 Å². The van der Waals surface area contributed by atoms with E-state index in [1.165, 1.54) is 6.21 Å². The van der Waals surface area contributed by atoms with E-state index in [0.29, 0.717) is 18.0 Å². The molecule has 3 nitrogen and oxygen atoms in total. The van der Waals surface area contributed by atoms with Crippen molar-refractivity contribution in [2.75, 3.05) is 5.88 Å². The first-order chi connectivity index (χ1) is 4.33. The third-order valence-corrected chi connectivity index (χ3v) is 1.10. The van der Waals surface area contributed by atoms with Gasteiger partial charge in [-0.15, -0.1) is 11.6 Å². The Labute approximate surface area is 57.4 Å². The number of aliphatic imine (C=N–C) groups is 2. The van der Waals surface area contributed by atoms with Gasteiger partial charge in [0.25, 0.3) is 0 Å². The molecule has 0 bridgehead atoms. The molecule has 0 radical (unpaired) electrons. The molecule has 1 aliphatic heterocycles. The maximum Gasteiger partial charge on any atom is 0.367 e. The Kier molecular flexibility index (Phi) is 1.95. The van der Waals surface area contributed by atoms with Crippen LogP contribution in [0, 0.1) is 0 Å². The molecule has 0 fully saturated rings. The average molecular weight is 145 g/mol. The van der Waals surface area contributed by atoms with Gasteiger partial charge in [0.15, 0.2) is 0 Å². The highest BCUT2D eigenvalue weighted by molar-refractivity contribution is 6.38. The first-order valence-corrected chi connectivity index (χ1v) is 3.08. The van der Waals surface area contributed by atoms with Gasteiger partial charge in [0.05, 0.1) is 11.9 Å². The van der Waals surface area contributed by atoms with Gasteiger partial charge in [-0.25, -0.2) is 4.79 Å². The second-order valence-corrected chi connectivity index (χ2v) is 1.96. The fourth-order valence-electron chi connectivity index (χ4n) is 0.528. The Hall–Kier alpha value is -0.700. The fourth-order valence-corrected chi connectivity index (χ4v) is 0.721. The van der Waals surface area contributed by atoms with Crippen LogP contribution in [0.5, 0.6) is 0 Å². The summed E-state index contributed by atoms with van der Waals surface area (Å²) in [7, 11) is 0. The molecule has 0 aromatic rings. The Morgan fingerprint density at radius 1 is 1.67 bits per heavy atom. The number of rotatable bonds is 2. The van der Waals surface area contributed by atoms with Crippen LogP contribution in [-0.4, -0.2) is 23.8 Å². The molecule has 9 heavy (non-hydrogen) atoms. The summed E-state index contributed by atoms with van der Waals surface area (Å²) in [5, 5.41) is 0. The number of hydrogen-bond donors (Lipinski definition) is 0. The van der Waals surface area contributed by atoms with Crippen LogP contribution >= 0.6 is 11.6 Å². The second-order valence-electron chi connectivity index (χ2n) is 1.58. The number of nitrogens with zero attached hydrogens (tertiary/aromatic N) is 2. The van der Waals surface area contributed by atoms with Crippen LogP contribution in [-0.2, 0) is 0 Å². The normalized spacial score (nSPS) is 16.6. The molecule has 0 saturated heterocycles. The highest BCUT2D eigenvalue weighted by Gasteiger charge is 2.05. The van der Waals surface area contributed by atoms with Gasteiger partial charge in [-0.3, -0.25) is 0 Å². The van der Waals surface area contributed by atoms with Gasteiger partial charge in [-0.05, 0) is 0 Å². The van der Waals surface area contributed by atoms with Crippen molar-refractivity contribution in [2.45, 2.75) is 6.42 Å². The Bertz CT molecular complexity index is 185. The highest BCUT2D eigenvalue weighted by atomic mass is 35.5. The number of carbonyl (C=O) groups excluding carboxylic acids is 1. The minimum atomic E-state index is -0.421. The lowest BCUT2D eigenvalue weighted by molar-refractivity contribution is 0.257. The van der Waals surface area contributed by atoms with Gasteiger partial charge in [0.2, 0.25) is 0 Å². The topological polar surface area (TPSA) is 41.8 Å². The summed E-state index contributed by atoms with van der Waals surface area (Å²) in [6.07, 6.45) is 2.07. The molecule has 0 aromatic carbocycles. The zero-order valence-corrected chi connectivity index (χ0v) is 5.43. The number of urea groups is 1. The minimum absolute atomic E-state index is 0.421. The molecule has 0 aromatic heterocycles. The van der Waals surface area contributed by atoms with Crippen LogP contribution in [0.25, 0.3) is 0 Å². The van der Waals surface area contributed by atoms with E-state index in [-0.39, 0.29) is 0 Å². The first-order valence-electron chi connectivity index (χ1n) is 2.54. The lowest BCUT2D eigenvalue weighted by atomic mass is 10.3. The summed E-state index contributed by atoms with van der Waals surface area (Å²) in [6, 6.07) is -0.421. The van der Waals surface area contributed by atoms with Crippen molar-refractivity contribution in [3.8, 4) is 0 Å². The molecule has 0 unspecified atom stereocenters. The largest absolute Gasteiger partial charge is 0.367 e. The molecule has 0 N–H and O–H groups in total. The SMILES string of the molecule is O=C1N=CC(CCCl)=N1. The van der Waals surface area contributed by atoms with Crippen LogP contribution < -0.4 is 0 Å². The van der Waals surface area contributed by atoms with Crippen LogP contribution in [0.3, 0.4) is 0 Å². The van der Waals surface area contributed by atoms with Gasteiger partial charge in [-0.2, -0.15) is 9.98 Å². The van der Waals surface area contributed by atoms with Gasteiger partial charge in [0, 0.05) is 12.3 Å². The molecule has 4 heteroatoms. The van der Waals surface area contributed by atoms with Gasteiger partial charge >= 0.3 is 6.03 Å². The molecule has 1 heterocycles. The third kappa shape index (κ3) is 1.61. The van der Waals surface area contributed by atoms with Crippen molar-refractivity contribution in [3.63, 3.8) is 0 Å². The van der Waals surface area contributed by atoms with Crippen molar-refractivity contribution in [1.82, 2.24) is 0 Å². The molecule has 1 rings (SSSR count). The van der Waals surface area contributed by atoms with Gasteiger partial charge < -0.3 is 0 Å². The molecule has 0 saturated carbocycles. The maximum absolute atomic E-state index is 10.3. The molecule has 48 valence electrons. The van der Waals surface area contributed by atoms with E-state index >= 15 is 0 Å². The van der Waals surface area contributed by atoms with Crippen molar-refractivity contribution in [2.24, 2.45) is 9.98 Å². The summed E-state index contributed by atoms with van der Waals surface area (Å²) >= 11 is 5.38. The maximum atomic E-state index is 10.3. The number of halogens is 1. The van der Waals surface area contributed by atoms with Gasteiger partial charge in [-0.1, -0.05) is 0 Å². The summed E-state index contributed by atoms with van der Waals surface area (Å²) in [6.45, 7) is 0. The van der Waals surface area contributed by atoms with E-state index in [9.17, 15) is 4.79 Å². The van der Waals surface area contributed by atoms with Gasteiger partial charge in [0.1, 0.15) is 0 Å². The minimum Gasteiger partial charge on any atom is -0.244 e. The zero-order valence-electron chi connectivity index (χ0n) is 4.67. The fraction of sp³-hybridized carbons (Fsp3) is 0.400. The molecule has 0 atom stereocenters. The quantitative estimate of drug-likeness (QED) is 0.538. The van der Waals surface area contributed by atoms with E-state index in [0.717, 1.165) is 0 Å². The molecule has 1 aliphatic rings. The molecule has 0 aliphatic carbocycles. The van der Waals surface area contributed by atoms with Crippen molar-refractivity contribution in [3.05, 3.63) is 0 Å². The Balaban J connectivity index is 2.53. The third-order valence-electron chi connectivity index (χ3n) is 0.914. The zero-order chi connectivity index (χ0) is 6.69. The van der Waals surface area contributed by atoms with E-state index < -0.39 is 6.03 Å². The monoisotopic (exact) mass is 144 g/mol. The summed E-state index contributed by atoms with van der Waals surface area (Å²) < 4.78 is 0. The summed E-state index contributed by atoms with van der Waals surface area (Å²) in [5.74, 6) is 0.484. The van der Waals surface area contributed by atoms with Crippen molar-refractivity contribution in [1.29, 1.82) is 0 Å². The lowest BCUT2D eigenvalue weighted by Gasteiger charge is -1.84. The van der Waals surface area contributed by atoms with E-state index in [1.807, 2.05) is 0 Å². The molecular weight excluding hydrogens is 140 g/mol. The molecular formula is C5H5ClN2O. The average Bonchev–Trinajstić information content (AvgIpc) is 2.17. The van der Waals surface area contributed by atoms with E-state index in [2.05, 4.69) is 9.98 Å². The van der Waals surface area contributed by atoms with Crippen LogP contribution in [0.4, 0.5) is 4.79 Å². The predicted molar refractivity (Wildman–Crippen MR) is 36.7 cm³/mol. The van der Waals surface area contributed by atoms with Crippen LogP contribution in [0.2, 0.25) is 0 Å². The van der Waals surface area contributed by atoms with Crippen LogP contribution in [0.1, 0.15) is 6.42 Å². The number of amides is 2. The van der Waals surface area contributed by atoms with Crippen molar-refractivity contribution < 1.29 is 4.79 Å². The lowest BCUT2D eigenvalue weighted by Crippen LogP contribution is -1.95. The molecule has 2 amide bonds. The highest BCUT2D eigenvalue weighted by Crippen LogP contribution is 1.96. The standard InChI is InChI=1S/C5H5ClN2O/c6-2-1-4-3-7-5(9)8-4/h3H,1-2H2. The first kappa shape index (κ1) is 6.42. The number of alkyl halides is 1. The van der Waals surface area contributed by atoms with Crippen molar-refractivity contribution >= 4 is 29.6 Å². The van der Waals surface area contributed by atoms with E-state index in [4.69, 9.17) is 11.6 Å². The Morgan fingerprint density at radius 2 is 2.44 bits per heavy atom. The number of carbonyl (C=O) groups is 1. The second kappa shape index (κ2) is 2.73. The smallest absolute Gasteiger partial charge is 0.244 e. The predicted octanol–water partition coefficient (Wildman–Crippen LogP) is 1.26. The summed E-state index contributed by atoms with van der Waals surface area (Å²) in [4.78, 5) is 17.3.